The average Bonchev–Trinajstić information content (AvgIpc) is 3.22. The second-order valence-corrected chi connectivity index (χ2v) is 7.64. The summed E-state index contributed by atoms with van der Waals surface area (Å²) in [6.07, 6.45) is 1.22. The Morgan fingerprint density at radius 2 is 1.97 bits per heavy atom. The van der Waals surface area contributed by atoms with Crippen molar-refractivity contribution in [1.82, 2.24) is 15.1 Å². The molecule has 29 heavy (non-hydrogen) atoms. The molecule has 7 heteroatoms. The van der Waals surface area contributed by atoms with E-state index in [4.69, 9.17) is 9.73 Å². The topological polar surface area (TPSA) is 43.3 Å². The van der Waals surface area contributed by atoms with E-state index in [-0.39, 0.29) is 24.0 Å². The van der Waals surface area contributed by atoms with Crippen LogP contribution in [-0.2, 0) is 4.74 Å². The highest BCUT2D eigenvalue weighted by Crippen LogP contribution is 2.19. The van der Waals surface area contributed by atoms with Gasteiger partial charge in [-0.1, -0.05) is 18.2 Å². The highest BCUT2D eigenvalue weighted by Gasteiger charge is 2.30. The van der Waals surface area contributed by atoms with E-state index < -0.39 is 0 Å². The number of anilines is 1. The zero-order valence-electron chi connectivity index (χ0n) is 18.3. The smallest absolute Gasteiger partial charge is 0.194 e. The number of halogens is 1. The number of likely N-dealkylation sites (N-methyl/N-ethyl adjacent to an activating group) is 1. The summed E-state index contributed by atoms with van der Waals surface area (Å²) in [5.74, 6) is 1.07. The summed E-state index contributed by atoms with van der Waals surface area (Å²) in [7, 11) is 0. The number of ether oxygens (including phenoxy) is 1. The molecule has 1 aromatic carbocycles. The summed E-state index contributed by atoms with van der Waals surface area (Å²) in [6, 6.07) is 9.25. The third-order valence-electron chi connectivity index (χ3n) is 5.83. The third kappa shape index (κ3) is 6.72. The molecule has 2 aliphatic rings. The van der Waals surface area contributed by atoms with Crippen LogP contribution in [0.1, 0.15) is 25.8 Å². The summed E-state index contributed by atoms with van der Waals surface area (Å²) >= 11 is 0. The summed E-state index contributed by atoms with van der Waals surface area (Å²) in [5, 5.41) is 3.51. The Morgan fingerprint density at radius 3 is 2.66 bits per heavy atom. The monoisotopic (exact) mass is 515 g/mol. The molecule has 0 aliphatic carbocycles. The number of hydrogen-bond acceptors (Lipinski definition) is 4. The second kappa shape index (κ2) is 12.6. The summed E-state index contributed by atoms with van der Waals surface area (Å²) in [4.78, 5) is 12.4. The molecule has 3 rings (SSSR count). The Morgan fingerprint density at radius 1 is 1.21 bits per heavy atom. The minimum Gasteiger partial charge on any atom is -0.379 e. The molecule has 2 fully saturated rings. The molecular weight excluding hydrogens is 477 g/mol. The average molecular weight is 515 g/mol. The number of benzene rings is 1. The zero-order chi connectivity index (χ0) is 19.8. The predicted molar refractivity (Wildman–Crippen MR) is 133 cm³/mol. The summed E-state index contributed by atoms with van der Waals surface area (Å²) in [6.45, 7) is 16.2. The molecule has 2 aliphatic heterocycles. The predicted octanol–water partition coefficient (Wildman–Crippen LogP) is 2.81. The molecule has 164 valence electrons. The standard InChI is InChI=1S/C22H37N5O.HI/c1-4-23-22(27-12-10-20(18-27)26-14-16-28-17-15-26)24-11-13-25(5-2)21-9-7-6-8-19(21)3;/h6-9,20H,4-5,10-18H2,1-3H3,(H,23,24);1H. The highest BCUT2D eigenvalue weighted by atomic mass is 127. The zero-order valence-corrected chi connectivity index (χ0v) is 20.6. The quantitative estimate of drug-likeness (QED) is 0.344. The maximum atomic E-state index is 5.51. The second-order valence-electron chi connectivity index (χ2n) is 7.64. The van der Waals surface area contributed by atoms with Crippen molar-refractivity contribution in [2.45, 2.75) is 33.2 Å². The Hall–Kier alpha value is -1.06. The molecule has 1 unspecified atom stereocenters. The van der Waals surface area contributed by atoms with Crippen LogP contribution in [0.5, 0.6) is 0 Å². The third-order valence-corrected chi connectivity index (χ3v) is 5.83. The molecule has 6 nitrogen and oxygen atoms in total. The minimum atomic E-state index is 0. The largest absolute Gasteiger partial charge is 0.379 e. The van der Waals surface area contributed by atoms with Gasteiger partial charge in [0.05, 0.1) is 19.8 Å². The van der Waals surface area contributed by atoms with Crippen LogP contribution in [-0.4, -0.2) is 87.4 Å². The van der Waals surface area contributed by atoms with E-state index in [9.17, 15) is 0 Å². The van der Waals surface area contributed by atoms with Crippen LogP contribution in [0.3, 0.4) is 0 Å². The molecule has 0 aromatic heterocycles. The SMILES string of the molecule is CCNC(=NCCN(CC)c1ccccc1C)N1CCC(N2CCOCC2)C1.I. The van der Waals surface area contributed by atoms with Crippen molar-refractivity contribution in [3.05, 3.63) is 29.8 Å². The van der Waals surface area contributed by atoms with Gasteiger partial charge < -0.3 is 19.9 Å². The first kappa shape index (κ1) is 24.2. The molecule has 0 spiro atoms. The van der Waals surface area contributed by atoms with Crippen LogP contribution < -0.4 is 10.2 Å². The van der Waals surface area contributed by atoms with E-state index >= 15 is 0 Å². The van der Waals surface area contributed by atoms with E-state index in [1.54, 1.807) is 0 Å². The lowest BCUT2D eigenvalue weighted by atomic mass is 10.2. The fourth-order valence-electron chi connectivity index (χ4n) is 4.24. The van der Waals surface area contributed by atoms with Crippen molar-refractivity contribution < 1.29 is 4.74 Å². The van der Waals surface area contributed by atoms with Crippen LogP contribution in [0, 0.1) is 6.92 Å². The Bertz CT molecular complexity index is 635. The molecule has 1 aromatic rings. The van der Waals surface area contributed by atoms with Gasteiger partial charge in [-0.15, -0.1) is 24.0 Å². The number of guanidine groups is 1. The number of rotatable bonds is 7. The van der Waals surface area contributed by atoms with Gasteiger partial charge in [-0.3, -0.25) is 9.89 Å². The lowest BCUT2D eigenvalue weighted by Gasteiger charge is -2.32. The number of hydrogen-bond donors (Lipinski definition) is 1. The van der Waals surface area contributed by atoms with Gasteiger partial charge in [0.2, 0.25) is 0 Å². The van der Waals surface area contributed by atoms with Crippen molar-refractivity contribution >= 4 is 35.6 Å². The number of nitrogens with zero attached hydrogens (tertiary/aromatic N) is 4. The van der Waals surface area contributed by atoms with Crippen LogP contribution in [0.2, 0.25) is 0 Å². The number of aryl methyl sites for hydroxylation is 1. The number of nitrogens with one attached hydrogen (secondary N) is 1. The van der Waals surface area contributed by atoms with E-state index in [0.29, 0.717) is 6.04 Å². The molecule has 0 bridgehead atoms. The first-order valence-corrected chi connectivity index (χ1v) is 10.9. The summed E-state index contributed by atoms with van der Waals surface area (Å²) in [5.41, 5.74) is 2.65. The van der Waals surface area contributed by atoms with E-state index in [0.717, 1.165) is 71.5 Å². The number of morpholine rings is 1. The maximum absolute atomic E-state index is 5.51. The Labute approximate surface area is 193 Å². The van der Waals surface area contributed by atoms with Crippen LogP contribution in [0.4, 0.5) is 5.69 Å². The van der Waals surface area contributed by atoms with E-state index in [2.05, 4.69) is 65.1 Å². The number of aliphatic imine (C=N–C) groups is 1. The first-order chi connectivity index (χ1) is 13.7. The van der Waals surface area contributed by atoms with Crippen molar-refractivity contribution in [3.8, 4) is 0 Å². The maximum Gasteiger partial charge on any atom is 0.194 e. The minimum absolute atomic E-state index is 0. The fraction of sp³-hybridized carbons (Fsp3) is 0.682. The van der Waals surface area contributed by atoms with Gasteiger partial charge >= 0.3 is 0 Å². The molecule has 1 atom stereocenters. The van der Waals surface area contributed by atoms with Crippen molar-refractivity contribution in [1.29, 1.82) is 0 Å². The number of para-hydroxylation sites is 1. The van der Waals surface area contributed by atoms with Crippen LogP contribution in [0.15, 0.2) is 29.3 Å². The van der Waals surface area contributed by atoms with E-state index in [1.807, 2.05) is 0 Å². The molecule has 0 amide bonds. The molecule has 1 N–H and O–H groups in total. The summed E-state index contributed by atoms with van der Waals surface area (Å²) < 4.78 is 5.51. The Balaban J connectivity index is 0.00000300. The van der Waals surface area contributed by atoms with Gasteiger partial charge in [0.1, 0.15) is 0 Å². The van der Waals surface area contributed by atoms with Gasteiger partial charge in [0.25, 0.3) is 0 Å². The van der Waals surface area contributed by atoms with Gasteiger partial charge in [0, 0.05) is 57.5 Å². The lowest BCUT2D eigenvalue weighted by Crippen LogP contribution is -2.46. The molecule has 0 radical (unpaired) electrons. The highest BCUT2D eigenvalue weighted by molar-refractivity contribution is 14.0. The van der Waals surface area contributed by atoms with Crippen molar-refractivity contribution in [2.24, 2.45) is 4.99 Å². The van der Waals surface area contributed by atoms with Gasteiger partial charge in [-0.05, 0) is 38.8 Å². The van der Waals surface area contributed by atoms with Crippen LogP contribution >= 0.6 is 24.0 Å². The first-order valence-electron chi connectivity index (χ1n) is 10.9. The van der Waals surface area contributed by atoms with Gasteiger partial charge in [0.15, 0.2) is 5.96 Å². The van der Waals surface area contributed by atoms with E-state index in [1.165, 1.54) is 17.7 Å². The molecule has 2 saturated heterocycles. The van der Waals surface area contributed by atoms with Crippen LogP contribution in [0.25, 0.3) is 0 Å². The van der Waals surface area contributed by atoms with Gasteiger partial charge in [-0.25, -0.2) is 0 Å². The molecule has 0 saturated carbocycles. The van der Waals surface area contributed by atoms with Gasteiger partial charge in [-0.2, -0.15) is 0 Å². The lowest BCUT2D eigenvalue weighted by molar-refractivity contribution is 0.0195. The number of likely N-dealkylation sites (tertiary alicyclic amines) is 1. The van der Waals surface area contributed by atoms with Crippen molar-refractivity contribution in [2.75, 3.05) is 70.5 Å². The fourth-order valence-corrected chi connectivity index (χ4v) is 4.24. The molecular formula is C22H38IN5O. The normalized spacial score (nSPS) is 20.4. The van der Waals surface area contributed by atoms with Crippen molar-refractivity contribution in [3.63, 3.8) is 0 Å². The Kier molecular flexibility index (Phi) is 10.5. The molecule has 2 heterocycles.